The van der Waals surface area contributed by atoms with Gasteiger partial charge in [0.1, 0.15) is 17.3 Å². The third-order valence-corrected chi connectivity index (χ3v) is 3.86. The molecule has 0 saturated heterocycles. The number of benzene rings is 2. The van der Waals surface area contributed by atoms with E-state index in [9.17, 15) is 22.7 Å². The van der Waals surface area contributed by atoms with Gasteiger partial charge in [0.15, 0.2) is 5.96 Å². The van der Waals surface area contributed by atoms with Crippen LogP contribution in [0.2, 0.25) is 0 Å². The molecule has 0 saturated carbocycles. The number of ether oxygens (including phenoxy) is 1. The lowest BCUT2D eigenvalue weighted by Crippen LogP contribution is -2.37. The van der Waals surface area contributed by atoms with Gasteiger partial charge in [0.05, 0.1) is 19.2 Å². The Kier molecular flexibility index (Phi) is 9.47. The largest absolute Gasteiger partial charge is 0.508 e. The summed E-state index contributed by atoms with van der Waals surface area (Å²) in [6.45, 7) is 2.16. The highest BCUT2D eigenvalue weighted by Gasteiger charge is 2.33. The summed E-state index contributed by atoms with van der Waals surface area (Å²) in [5, 5.41) is 15.6. The van der Waals surface area contributed by atoms with E-state index in [1.165, 1.54) is 13.2 Å². The van der Waals surface area contributed by atoms with Gasteiger partial charge in [-0.05, 0) is 42.8 Å². The Labute approximate surface area is 183 Å². The molecule has 0 atom stereocenters. The molecule has 0 heterocycles. The molecule has 2 aromatic rings. The summed E-state index contributed by atoms with van der Waals surface area (Å²) >= 11 is 0. The van der Waals surface area contributed by atoms with Crippen molar-refractivity contribution in [3.8, 4) is 11.5 Å². The number of alkyl halides is 3. The molecule has 0 unspecified atom stereocenters. The average molecular weight is 527 g/mol. The highest BCUT2D eigenvalue weighted by molar-refractivity contribution is 14.0. The van der Waals surface area contributed by atoms with Crippen LogP contribution < -0.4 is 15.4 Å². The van der Waals surface area contributed by atoms with Crippen molar-refractivity contribution in [2.24, 2.45) is 4.99 Å². The lowest BCUT2D eigenvalue weighted by Gasteiger charge is -2.16. The molecule has 10 heteroatoms. The van der Waals surface area contributed by atoms with Crippen molar-refractivity contribution in [3.05, 3.63) is 58.9 Å². The van der Waals surface area contributed by atoms with E-state index in [0.717, 1.165) is 12.1 Å². The zero-order chi connectivity index (χ0) is 20.7. The minimum absolute atomic E-state index is 0. The van der Waals surface area contributed by atoms with Gasteiger partial charge in [0, 0.05) is 18.7 Å². The maximum atomic E-state index is 13.2. The molecule has 2 aromatic carbocycles. The molecule has 0 amide bonds. The number of hydrogen-bond donors (Lipinski definition) is 3. The Hall–Kier alpha value is -2.24. The van der Waals surface area contributed by atoms with Crippen molar-refractivity contribution in [1.29, 1.82) is 0 Å². The Morgan fingerprint density at radius 2 is 1.83 bits per heavy atom. The number of phenols is 1. The summed E-state index contributed by atoms with van der Waals surface area (Å²) in [4.78, 5) is 4.27. The predicted molar refractivity (Wildman–Crippen MR) is 113 cm³/mol. The zero-order valence-corrected chi connectivity index (χ0v) is 18.1. The second kappa shape index (κ2) is 11.1. The highest BCUT2D eigenvalue weighted by Crippen LogP contribution is 2.32. The lowest BCUT2D eigenvalue weighted by molar-refractivity contribution is -0.138. The number of nitrogens with zero attached hydrogens (tertiary/aromatic N) is 1. The Morgan fingerprint density at radius 1 is 1.10 bits per heavy atom. The number of nitrogens with one attached hydrogen (secondary N) is 2. The molecule has 0 bridgehead atoms. The molecular weight excluding hydrogens is 505 g/mol. The van der Waals surface area contributed by atoms with Gasteiger partial charge in [0.2, 0.25) is 0 Å². The van der Waals surface area contributed by atoms with E-state index in [2.05, 4.69) is 15.6 Å². The van der Waals surface area contributed by atoms with Crippen LogP contribution in [-0.4, -0.2) is 24.7 Å². The molecule has 0 aromatic heterocycles. The van der Waals surface area contributed by atoms with Gasteiger partial charge in [-0.15, -0.1) is 24.0 Å². The van der Waals surface area contributed by atoms with Crippen molar-refractivity contribution >= 4 is 29.9 Å². The van der Waals surface area contributed by atoms with Gasteiger partial charge < -0.3 is 20.5 Å². The number of methoxy groups -OCH3 is 1. The van der Waals surface area contributed by atoms with Gasteiger partial charge >= 0.3 is 6.18 Å². The summed E-state index contributed by atoms with van der Waals surface area (Å²) in [7, 11) is 1.49. The van der Waals surface area contributed by atoms with Crippen molar-refractivity contribution in [2.45, 2.75) is 26.2 Å². The number of rotatable bonds is 6. The summed E-state index contributed by atoms with van der Waals surface area (Å²) in [6, 6.07) is 7.21. The van der Waals surface area contributed by atoms with E-state index in [1.807, 2.05) is 0 Å². The van der Waals surface area contributed by atoms with E-state index in [-0.39, 0.29) is 54.3 Å². The second-order valence-electron chi connectivity index (χ2n) is 5.84. The molecule has 0 fully saturated rings. The molecule has 3 N–H and O–H groups in total. The minimum atomic E-state index is -4.67. The van der Waals surface area contributed by atoms with Crippen molar-refractivity contribution in [2.75, 3.05) is 13.7 Å². The number of aromatic hydroxyl groups is 1. The lowest BCUT2D eigenvalue weighted by atomic mass is 10.1. The Morgan fingerprint density at radius 3 is 2.45 bits per heavy atom. The SMILES string of the molecule is CCNC(=NCc1cc(OC)ccc1O)NCc1ccc(F)cc1C(F)(F)F.I. The van der Waals surface area contributed by atoms with Crippen molar-refractivity contribution in [1.82, 2.24) is 10.6 Å². The fourth-order valence-electron chi connectivity index (χ4n) is 2.47. The summed E-state index contributed by atoms with van der Waals surface area (Å²) in [5.41, 5.74) is -0.653. The van der Waals surface area contributed by atoms with Crippen LogP contribution in [0.25, 0.3) is 0 Å². The third kappa shape index (κ3) is 7.26. The molecular formula is C19H22F4IN3O2. The fraction of sp³-hybridized carbons (Fsp3) is 0.316. The Bertz CT molecular complexity index is 845. The molecule has 160 valence electrons. The van der Waals surface area contributed by atoms with Crippen LogP contribution in [0, 0.1) is 5.82 Å². The smallest absolute Gasteiger partial charge is 0.416 e. The molecule has 0 radical (unpaired) electrons. The predicted octanol–water partition coefficient (Wildman–Crippen LogP) is 4.43. The summed E-state index contributed by atoms with van der Waals surface area (Å²) in [5.74, 6) is -0.132. The van der Waals surface area contributed by atoms with Crippen LogP contribution in [-0.2, 0) is 19.3 Å². The summed E-state index contributed by atoms with van der Waals surface area (Å²) < 4.78 is 57.6. The third-order valence-electron chi connectivity index (χ3n) is 3.86. The first-order valence-corrected chi connectivity index (χ1v) is 8.48. The van der Waals surface area contributed by atoms with E-state index >= 15 is 0 Å². The van der Waals surface area contributed by atoms with Gasteiger partial charge in [-0.3, -0.25) is 0 Å². The van der Waals surface area contributed by atoms with Gasteiger partial charge in [-0.1, -0.05) is 6.07 Å². The maximum Gasteiger partial charge on any atom is 0.416 e. The van der Waals surface area contributed by atoms with Crippen molar-refractivity contribution in [3.63, 3.8) is 0 Å². The number of phenolic OH excluding ortho intramolecular Hbond substituents is 1. The molecule has 0 spiro atoms. The Balaban J connectivity index is 0.00000420. The second-order valence-corrected chi connectivity index (χ2v) is 5.84. The quantitative estimate of drug-likeness (QED) is 0.225. The van der Waals surface area contributed by atoms with Crippen LogP contribution in [0.3, 0.4) is 0 Å². The van der Waals surface area contributed by atoms with Crippen LogP contribution in [0.1, 0.15) is 23.6 Å². The van der Waals surface area contributed by atoms with E-state index in [4.69, 9.17) is 4.74 Å². The maximum absolute atomic E-state index is 13.2. The van der Waals surface area contributed by atoms with Gasteiger partial charge in [-0.25, -0.2) is 9.38 Å². The van der Waals surface area contributed by atoms with Gasteiger partial charge in [-0.2, -0.15) is 13.2 Å². The number of aliphatic imine (C=N–C) groups is 1. The van der Waals surface area contributed by atoms with Crippen LogP contribution in [0.15, 0.2) is 41.4 Å². The monoisotopic (exact) mass is 527 g/mol. The first-order valence-electron chi connectivity index (χ1n) is 8.48. The van der Waals surface area contributed by atoms with Crippen LogP contribution >= 0.6 is 24.0 Å². The van der Waals surface area contributed by atoms with E-state index < -0.39 is 17.6 Å². The van der Waals surface area contributed by atoms with Crippen molar-refractivity contribution < 1.29 is 27.4 Å². The number of hydrogen-bond acceptors (Lipinski definition) is 3. The van der Waals surface area contributed by atoms with Crippen LogP contribution in [0.4, 0.5) is 17.6 Å². The molecule has 2 rings (SSSR count). The molecule has 0 aliphatic rings. The average Bonchev–Trinajstić information content (AvgIpc) is 2.65. The van der Waals surface area contributed by atoms with E-state index in [0.29, 0.717) is 23.9 Å². The summed E-state index contributed by atoms with van der Waals surface area (Å²) in [6.07, 6.45) is -4.67. The molecule has 5 nitrogen and oxygen atoms in total. The van der Waals surface area contributed by atoms with Gasteiger partial charge in [0.25, 0.3) is 0 Å². The minimum Gasteiger partial charge on any atom is -0.508 e. The zero-order valence-electron chi connectivity index (χ0n) is 15.8. The molecule has 0 aliphatic heterocycles. The highest BCUT2D eigenvalue weighted by atomic mass is 127. The molecule has 29 heavy (non-hydrogen) atoms. The number of halogens is 5. The van der Waals surface area contributed by atoms with E-state index in [1.54, 1.807) is 19.1 Å². The first kappa shape index (κ1) is 24.8. The number of guanidine groups is 1. The first-order chi connectivity index (χ1) is 13.2. The van der Waals surface area contributed by atoms with Crippen LogP contribution in [0.5, 0.6) is 11.5 Å². The standard InChI is InChI=1S/C19H21F4N3O2.HI/c1-3-24-18(26-11-13-8-15(28-2)6-7-17(13)27)25-10-12-4-5-14(20)9-16(12)19(21,22)23;/h4-9,27H,3,10-11H2,1-2H3,(H2,24,25,26);1H. The molecule has 0 aliphatic carbocycles. The fourth-order valence-corrected chi connectivity index (χ4v) is 2.47. The normalized spacial score (nSPS) is 11.6. The topological polar surface area (TPSA) is 65.9 Å².